The summed E-state index contributed by atoms with van der Waals surface area (Å²) in [5, 5.41) is 11.7. The van der Waals surface area contributed by atoms with Crippen LogP contribution in [-0.2, 0) is 4.79 Å². The highest BCUT2D eigenvalue weighted by molar-refractivity contribution is 7.10. The van der Waals surface area contributed by atoms with Gasteiger partial charge in [0.25, 0.3) is 5.91 Å². The summed E-state index contributed by atoms with van der Waals surface area (Å²) in [6.45, 7) is 0.862. The van der Waals surface area contributed by atoms with Crippen molar-refractivity contribution in [2.45, 2.75) is 0 Å². The van der Waals surface area contributed by atoms with Gasteiger partial charge in [-0.05, 0) is 42.5 Å². The first-order chi connectivity index (χ1) is 14.5. The Morgan fingerprint density at radius 3 is 2.53 bits per heavy atom. The van der Waals surface area contributed by atoms with Gasteiger partial charge in [0.2, 0.25) is 5.88 Å². The van der Waals surface area contributed by atoms with Crippen molar-refractivity contribution < 1.29 is 23.8 Å². The molecule has 30 heavy (non-hydrogen) atoms. The number of hydrogen-bond donors (Lipinski definition) is 1. The number of aromatic hydroxyl groups is 1. The Labute approximate surface area is 172 Å². The maximum Gasteiger partial charge on any atom is 0.315 e. The Morgan fingerprint density at radius 2 is 1.80 bits per heavy atom. The molecule has 2 aliphatic heterocycles. The van der Waals surface area contributed by atoms with Gasteiger partial charge in [0, 0.05) is 16.9 Å². The molecule has 0 aliphatic carbocycles. The fourth-order valence-corrected chi connectivity index (χ4v) is 4.09. The summed E-state index contributed by atoms with van der Waals surface area (Å²) in [6, 6.07) is 8.54. The van der Waals surface area contributed by atoms with Crippen molar-refractivity contribution in [3.05, 3.63) is 72.9 Å². The molecule has 1 amide bonds. The molecule has 0 radical (unpaired) electrons. The average molecular weight is 424 g/mol. The quantitative estimate of drug-likeness (QED) is 0.631. The molecule has 1 aromatic heterocycles. The minimum atomic E-state index is -0.507. The molecule has 9 heteroatoms. The molecule has 0 bridgehead atoms. The molecule has 2 aromatic carbocycles. The molecular weight excluding hydrogens is 411 g/mol. The second-order valence-corrected chi connectivity index (χ2v) is 7.58. The zero-order valence-electron chi connectivity index (χ0n) is 15.3. The first kappa shape index (κ1) is 18.3. The standard InChI is InChI=1S/C21H13FN2O5S/c22-13-1-3-14(4-2-13)24-20(26)18(30-21(24)27)9-12-7-11-8-16-17(29-6-5-28-16)10-15(11)23-19(12)25/h1-4,7-10,26H,5-6H2/b12-9-. The van der Waals surface area contributed by atoms with Gasteiger partial charge in [-0.2, -0.15) is 0 Å². The van der Waals surface area contributed by atoms with Gasteiger partial charge in [0.05, 0.1) is 15.9 Å². The van der Waals surface area contributed by atoms with Gasteiger partial charge in [-0.3, -0.25) is 9.59 Å². The van der Waals surface area contributed by atoms with E-state index in [4.69, 9.17) is 9.47 Å². The number of rotatable bonds is 2. The fraction of sp³-hybridized carbons (Fsp3) is 0.0952. The molecule has 150 valence electrons. The van der Waals surface area contributed by atoms with Crippen molar-refractivity contribution in [1.82, 2.24) is 4.57 Å². The van der Waals surface area contributed by atoms with Crippen molar-refractivity contribution in [2.75, 3.05) is 13.2 Å². The summed E-state index contributed by atoms with van der Waals surface area (Å²) in [4.78, 5) is 28.7. The summed E-state index contributed by atoms with van der Waals surface area (Å²) in [7, 11) is 0. The zero-order chi connectivity index (χ0) is 20.8. The van der Waals surface area contributed by atoms with E-state index in [9.17, 15) is 19.1 Å². The Morgan fingerprint density at radius 1 is 1.10 bits per heavy atom. The third-order valence-electron chi connectivity index (χ3n) is 4.65. The van der Waals surface area contributed by atoms with Crippen molar-refractivity contribution in [2.24, 2.45) is 4.99 Å². The molecule has 2 aliphatic rings. The Hall–Kier alpha value is -3.72. The second-order valence-electron chi connectivity index (χ2n) is 6.58. The third kappa shape index (κ3) is 3.09. The summed E-state index contributed by atoms with van der Waals surface area (Å²) < 4.78 is 25.3. The molecular formula is C21H13FN2O5S. The molecule has 0 saturated carbocycles. The first-order valence-electron chi connectivity index (χ1n) is 8.96. The molecule has 1 N–H and O–H groups in total. The third-order valence-corrected chi connectivity index (χ3v) is 5.53. The van der Waals surface area contributed by atoms with Gasteiger partial charge in [0.1, 0.15) is 19.0 Å². The van der Waals surface area contributed by atoms with E-state index < -0.39 is 16.6 Å². The molecule has 0 unspecified atom stereocenters. The van der Waals surface area contributed by atoms with Crippen LogP contribution < -0.4 is 24.9 Å². The van der Waals surface area contributed by atoms with E-state index in [1.54, 1.807) is 18.2 Å². The van der Waals surface area contributed by atoms with Gasteiger partial charge in [-0.1, -0.05) is 11.3 Å². The fourth-order valence-electron chi connectivity index (χ4n) is 3.25. The number of nitrogens with zero attached hydrogens (tertiary/aromatic N) is 2. The summed E-state index contributed by atoms with van der Waals surface area (Å²) >= 11 is 0.769. The maximum atomic E-state index is 13.2. The summed E-state index contributed by atoms with van der Waals surface area (Å²) in [6.07, 6.45) is 3.03. The van der Waals surface area contributed by atoms with Gasteiger partial charge in [-0.15, -0.1) is 0 Å². The number of amides is 1. The van der Waals surface area contributed by atoms with Crippen LogP contribution in [0.4, 0.5) is 4.39 Å². The number of fused-ring (bicyclic) bond motifs is 2. The van der Waals surface area contributed by atoms with E-state index >= 15 is 0 Å². The molecule has 0 spiro atoms. The molecule has 0 saturated heterocycles. The smallest absolute Gasteiger partial charge is 0.315 e. The molecule has 5 rings (SSSR count). The second kappa shape index (κ2) is 6.96. The van der Waals surface area contributed by atoms with E-state index in [1.165, 1.54) is 30.3 Å². The highest BCUT2D eigenvalue weighted by Gasteiger charge is 2.19. The number of thiazole rings is 1. The Kier molecular flexibility index (Phi) is 4.25. The molecule has 3 aromatic rings. The van der Waals surface area contributed by atoms with Crippen molar-refractivity contribution in [3.63, 3.8) is 0 Å². The van der Waals surface area contributed by atoms with Gasteiger partial charge < -0.3 is 14.6 Å². The Bertz CT molecular complexity index is 1400. The lowest BCUT2D eigenvalue weighted by atomic mass is 10.1. The number of carbonyl (C=O) groups excluding carboxylic acids is 1. The summed E-state index contributed by atoms with van der Waals surface area (Å²) in [5.41, 5.74) is 0.527. The maximum absolute atomic E-state index is 13.2. The van der Waals surface area contributed by atoms with Crippen molar-refractivity contribution in [1.29, 1.82) is 0 Å². The van der Waals surface area contributed by atoms with Gasteiger partial charge in [0.15, 0.2) is 11.5 Å². The topological polar surface area (TPSA) is 90.1 Å². The van der Waals surface area contributed by atoms with E-state index in [0.29, 0.717) is 41.0 Å². The number of carbonyl (C=O) groups is 1. The zero-order valence-corrected chi connectivity index (χ0v) is 16.1. The van der Waals surface area contributed by atoms with Crippen LogP contribution in [0.2, 0.25) is 0 Å². The molecule has 0 fully saturated rings. The predicted octanol–water partition coefficient (Wildman–Crippen LogP) is 1.54. The predicted molar refractivity (Wildman–Crippen MR) is 107 cm³/mol. The molecule has 0 atom stereocenters. The minimum Gasteiger partial charge on any atom is -0.493 e. The largest absolute Gasteiger partial charge is 0.493 e. The minimum absolute atomic E-state index is 0.195. The number of benzene rings is 2. The highest BCUT2D eigenvalue weighted by atomic mass is 32.1. The lowest BCUT2D eigenvalue weighted by Crippen LogP contribution is -2.32. The lowest BCUT2D eigenvalue weighted by molar-refractivity contribution is -0.114. The van der Waals surface area contributed by atoms with Crippen molar-refractivity contribution in [3.8, 4) is 23.1 Å². The summed E-state index contributed by atoms with van der Waals surface area (Å²) in [5.74, 6) is -0.200. The number of ether oxygens (including phenoxy) is 2. The number of halogens is 1. The highest BCUT2D eigenvalue weighted by Crippen LogP contribution is 2.28. The average Bonchev–Trinajstić information content (AvgIpc) is 3.01. The van der Waals surface area contributed by atoms with Crippen LogP contribution in [-0.4, -0.2) is 28.8 Å². The normalized spacial score (nSPS) is 16.0. The van der Waals surface area contributed by atoms with Crippen LogP contribution in [0.5, 0.6) is 17.4 Å². The van der Waals surface area contributed by atoms with Gasteiger partial charge >= 0.3 is 4.87 Å². The molecule has 3 heterocycles. The van der Waals surface area contributed by atoms with Crippen LogP contribution in [0.25, 0.3) is 17.8 Å². The van der Waals surface area contributed by atoms with Crippen LogP contribution in [0.15, 0.2) is 51.8 Å². The first-order valence-corrected chi connectivity index (χ1v) is 9.78. The van der Waals surface area contributed by atoms with E-state index in [2.05, 4.69) is 4.99 Å². The monoisotopic (exact) mass is 424 g/mol. The lowest BCUT2D eigenvalue weighted by Gasteiger charge is -2.18. The van der Waals surface area contributed by atoms with Crippen LogP contribution in [0.3, 0.4) is 0 Å². The molecule has 7 nitrogen and oxygen atoms in total. The number of hydrogen-bond acceptors (Lipinski definition) is 6. The van der Waals surface area contributed by atoms with E-state index in [-0.39, 0.29) is 16.3 Å². The van der Waals surface area contributed by atoms with Gasteiger partial charge in [-0.25, -0.2) is 13.9 Å². The van der Waals surface area contributed by atoms with Crippen LogP contribution in [0, 0.1) is 5.82 Å². The SMILES string of the molecule is O=C1N=c2cc3c(cc2=C/C1=C/c1sc(=O)n(-c2ccc(F)cc2)c1O)OCCO3. The van der Waals surface area contributed by atoms with Crippen molar-refractivity contribution >= 4 is 29.4 Å². The number of aromatic nitrogens is 1. The van der Waals surface area contributed by atoms with E-state index in [0.717, 1.165) is 15.9 Å². The Balaban J connectivity index is 1.60. The van der Waals surface area contributed by atoms with Crippen LogP contribution in [0.1, 0.15) is 4.88 Å². The van der Waals surface area contributed by atoms with Crippen LogP contribution >= 0.6 is 11.3 Å². The van der Waals surface area contributed by atoms with E-state index in [1.807, 2.05) is 0 Å².